The summed E-state index contributed by atoms with van der Waals surface area (Å²) >= 11 is 6.16. The molecule has 0 N–H and O–H groups in total. The number of likely N-dealkylation sites (N-methyl/N-ethyl adjacent to an activating group) is 1. The van der Waals surface area contributed by atoms with Gasteiger partial charge in [0.1, 0.15) is 0 Å². The first kappa shape index (κ1) is 20.7. The Morgan fingerprint density at radius 2 is 1.90 bits per heavy atom. The Hall–Kier alpha value is -2.99. The van der Waals surface area contributed by atoms with Crippen LogP contribution < -0.4 is 9.47 Å². The number of hydrogen-bond acceptors (Lipinski definition) is 5. The molecule has 0 radical (unpaired) electrons. The van der Waals surface area contributed by atoms with Gasteiger partial charge in [-0.1, -0.05) is 41.9 Å². The van der Waals surface area contributed by atoms with E-state index in [2.05, 4.69) is 0 Å². The number of esters is 1. The molecule has 2 aromatic rings. The van der Waals surface area contributed by atoms with E-state index in [1.807, 2.05) is 19.9 Å². The Labute approximate surface area is 174 Å². The summed E-state index contributed by atoms with van der Waals surface area (Å²) in [5.74, 6) is 0.118. The van der Waals surface area contributed by atoms with E-state index in [1.165, 1.54) is 6.08 Å². The fraction of sp³-hybridized carbons (Fsp3) is 0.273. The summed E-state index contributed by atoms with van der Waals surface area (Å²) in [5.41, 5.74) is 1.28. The molecule has 1 atom stereocenters. The molecule has 0 saturated heterocycles. The van der Waals surface area contributed by atoms with Crippen LogP contribution in [0.2, 0.25) is 5.02 Å². The second kappa shape index (κ2) is 9.47. The normalized spacial score (nSPS) is 13.3. The highest BCUT2D eigenvalue weighted by Crippen LogP contribution is 2.40. The first-order valence-corrected chi connectivity index (χ1v) is 9.72. The van der Waals surface area contributed by atoms with E-state index in [0.717, 1.165) is 0 Å². The Morgan fingerprint density at radius 1 is 1.17 bits per heavy atom. The van der Waals surface area contributed by atoms with Crippen LogP contribution in [0.3, 0.4) is 0 Å². The van der Waals surface area contributed by atoms with E-state index in [9.17, 15) is 9.59 Å². The number of rotatable bonds is 7. The Morgan fingerprint density at radius 3 is 2.59 bits per heavy atom. The highest BCUT2D eigenvalue weighted by molar-refractivity contribution is 6.32. The molecule has 1 heterocycles. The van der Waals surface area contributed by atoms with Gasteiger partial charge in [0.2, 0.25) is 12.9 Å². The molecule has 0 fully saturated rings. The minimum absolute atomic E-state index is 0.108. The smallest absolute Gasteiger partial charge is 0.331 e. The number of amides is 1. The zero-order valence-electron chi connectivity index (χ0n) is 16.3. The number of halogens is 1. The van der Waals surface area contributed by atoms with Crippen LogP contribution in [0.4, 0.5) is 0 Å². The fourth-order valence-corrected chi connectivity index (χ4v) is 3.27. The molecule has 1 aliphatic rings. The average molecular weight is 416 g/mol. The van der Waals surface area contributed by atoms with Crippen LogP contribution in [0.1, 0.15) is 31.1 Å². The quantitative estimate of drug-likeness (QED) is 0.500. The second-order valence-corrected chi connectivity index (χ2v) is 6.72. The van der Waals surface area contributed by atoms with Gasteiger partial charge in [0.25, 0.3) is 5.91 Å². The number of carbonyl (C=O) groups excluding carboxylic acids is 2. The minimum Gasteiger partial charge on any atom is -0.454 e. The van der Waals surface area contributed by atoms with Crippen LogP contribution in [0, 0.1) is 0 Å². The Kier molecular flexibility index (Phi) is 6.77. The molecule has 0 saturated carbocycles. The third kappa shape index (κ3) is 4.90. The van der Waals surface area contributed by atoms with Gasteiger partial charge in [-0.2, -0.15) is 0 Å². The summed E-state index contributed by atoms with van der Waals surface area (Å²) in [6.45, 7) is 4.93. The second-order valence-electron chi connectivity index (χ2n) is 6.31. The highest BCUT2D eigenvalue weighted by Gasteiger charge is 2.27. The first-order valence-electron chi connectivity index (χ1n) is 9.35. The van der Waals surface area contributed by atoms with Gasteiger partial charge in [-0.25, -0.2) is 4.79 Å². The molecule has 0 spiro atoms. The molecule has 1 amide bonds. The summed E-state index contributed by atoms with van der Waals surface area (Å²) in [6.07, 6.45) is 1.81. The maximum Gasteiger partial charge on any atom is 0.331 e. The molecule has 29 heavy (non-hydrogen) atoms. The fourth-order valence-electron chi connectivity index (χ4n) is 2.99. The van der Waals surface area contributed by atoms with Gasteiger partial charge in [-0.05, 0) is 37.6 Å². The van der Waals surface area contributed by atoms with Crippen LogP contribution >= 0.6 is 11.6 Å². The molecule has 0 unspecified atom stereocenters. The topological polar surface area (TPSA) is 65.1 Å². The number of benzene rings is 2. The SMILES string of the molecule is CCN(CC)C(=O)[C@H](OC(=O)/C=C/c1cc(Cl)c2c(c1)OCO2)c1ccccc1. The number of fused-ring (bicyclic) bond motifs is 1. The van der Waals surface area contributed by atoms with Gasteiger partial charge >= 0.3 is 5.97 Å². The van der Waals surface area contributed by atoms with E-state index in [-0.39, 0.29) is 12.7 Å². The lowest BCUT2D eigenvalue weighted by Gasteiger charge is -2.25. The van der Waals surface area contributed by atoms with Crippen LogP contribution in [0.5, 0.6) is 11.5 Å². The van der Waals surface area contributed by atoms with E-state index >= 15 is 0 Å². The molecular weight excluding hydrogens is 394 g/mol. The van der Waals surface area contributed by atoms with Crippen molar-refractivity contribution in [1.82, 2.24) is 4.90 Å². The monoisotopic (exact) mass is 415 g/mol. The number of hydrogen-bond donors (Lipinski definition) is 0. The molecule has 1 aliphatic heterocycles. The van der Waals surface area contributed by atoms with Crippen molar-refractivity contribution >= 4 is 29.6 Å². The molecule has 6 nitrogen and oxygen atoms in total. The standard InChI is InChI=1S/C22H22ClNO5/c1-3-24(4-2)22(26)20(16-8-6-5-7-9-16)29-19(25)11-10-15-12-17(23)21-18(13-15)27-14-28-21/h5-13,20H,3-4,14H2,1-2H3/b11-10+/t20-/m1/s1. The van der Waals surface area contributed by atoms with Crippen LogP contribution in [0.15, 0.2) is 48.5 Å². The van der Waals surface area contributed by atoms with Crippen molar-refractivity contribution in [3.63, 3.8) is 0 Å². The van der Waals surface area contributed by atoms with E-state index < -0.39 is 12.1 Å². The summed E-state index contributed by atoms with van der Waals surface area (Å²) in [4.78, 5) is 27.0. The van der Waals surface area contributed by atoms with Crippen molar-refractivity contribution < 1.29 is 23.8 Å². The maximum absolute atomic E-state index is 12.9. The van der Waals surface area contributed by atoms with Crippen molar-refractivity contribution in [2.24, 2.45) is 0 Å². The van der Waals surface area contributed by atoms with Gasteiger partial charge in [-0.15, -0.1) is 0 Å². The lowest BCUT2D eigenvalue weighted by molar-refractivity contribution is -0.157. The van der Waals surface area contributed by atoms with Crippen molar-refractivity contribution in [1.29, 1.82) is 0 Å². The molecule has 0 aromatic heterocycles. The summed E-state index contributed by atoms with van der Waals surface area (Å²) < 4.78 is 16.1. The zero-order valence-corrected chi connectivity index (χ0v) is 17.0. The van der Waals surface area contributed by atoms with Crippen molar-refractivity contribution in [2.75, 3.05) is 19.9 Å². The summed E-state index contributed by atoms with van der Waals surface area (Å²) in [5, 5.41) is 0.395. The van der Waals surface area contributed by atoms with Crippen LogP contribution in [-0.4, -0.2) is 36.7 Å². The molecular formula is C22H22ClNO5. The largest absolute Gasteiger partial charge is 0.454 e. The molecule has 7 heteroatoms. The molecule has 152 valence electrons. The summed E-state index contributed by atoms with van der Waals surface area (Å²) in [7, 11) is 0. The predicted octanol–water partition coefficient (Wildman–Crippen LogP) is 4.23. The first-order chi connectivity index (χ1) is 14.0. The maximum atomic E-state index is 12.9. The third-order valence-corrected chi connectivity index (χ3v) is 4.78. The number of ether oxygens (including phenoxy) is 3. The van der Waals surface area contributed by atoms with Gasteiger partial charge < -0.3 is 19.1 Å². The van der Waals surface area contributed by atoms with Gasteiger partial charge in [-0.3, -0.25) is 4.79 Å². The molecule has 0 bridgehead atoms. The van der Waals surface area contributed by atoms with Gasteiger partial charge in [0.15, 0.2) is 11.5 Å². The van der Waals surface area contributed by atoms with E-state index in [4.69, 9.17) is 25.8 Å². The third-order valence-electron chi connectivity index (χ3n) is 4.50. The Bertz CT molecular complexity index is 909. The van der Waals surface area contributed by atoms with Crippen molar-refractivity contribution in [2.45, 2.75) is 20.0 Å². The van der Waals surface area contributed by atoms with Gasteiger partial charge in [0, 0.05) is 24.7 Å². The minimum atomic E-state index is -1.01. The highest BCUT2D eigenvalue weighted by atomic mass is 35.5. The van der Waals surface area contributed by atoms with E-state index in [0.29, 0.717) is 40.7 Å². The molecule has 2 aromatic carbocycles. The molecule has 0 aliphatic carbocycles. The Balaban J connectivity index is 1.77. The lowest BCUT2D eigenvalue weighted by Crippen LogP contribution is -2.36. The van der Waals surface area contributed by atoms with Crippen LogP contribution in [-0.2, 0) is 14.3 Å². The predicted molar refractivity (Wildman–Crippen MR) is 110 cm³/mol. The van der Waals surface area contributed by atoms with Crippen LogP contribution in [0.25, 0.3) is 6.08 Å². The summed E-state index contributed by atoms with van der Waals surface area (Å²) in [6, 6.07) is 12.4. The van der Waals surface area contributed by atoms with Crippen molar-refractivity contribution in [3.05, 3.63) is 64.7 Å². The number of carbonyl (C=O) groups is 2. The molecule has 3 rings (SSSR count). The van der Waals surface area contributed by atoms with Gasteiger partial charge in [0.05, 0.1) is 5.02 Å². The lowest BCUT2D eigenvalue weighted by atomic mass is 10.1. The number of nitrogens with zero attached hydrogens (tertiary/aromatic N) is 1. The van der Waals surface area contributed by atoms with E-state index in [1.54, 1.807) is 47.4 Å². The van der Waals surface area contributed by atoms with Crippen molar-refractivity contribution in [3.8, 4) is 11.5 Å². The zero-order chi connectivity index (χ0) is 20.8. The average Bonchev–Trinajstić information content (AvgIpc) is 3.21.